The molecule has 1 atom stereocenters. The topological polar surface area (TPSA) is 42.7 Å². The Morgan fingerprint density at radius 2 is 2.05 bits per heavy atom. The molecular formula is C15H15ClN4S. The molecule has 0 aliphatic rings. The minimum atomic E-state index is 0.122. The van der Waals surface area contributed by atoms with Crippen molar-refractivity contribution in [2.45, 2.75) is 12.5 Å². The van der Waals surface area contributed by atoms with Crippen LogP contribution in [0.25, 0.3) is 5.69 Å². The first kappa shape index (κ1) is 14.3. The fraction of sp³-hybridized carbons (Fsp3) is 0.200. The van der Waals surface area contributed by atoms with Gasteiger partial charge in [-0.1, -0.05) is 29.8 Å². The molecule has 0 saturated carbocycles. The standard InChI is InChI=1S/C15H15ClN4S/c1-17-13(9-12-7-8-15(16)21-12)14-10-18-20(19-14)11-5-3-2-4-6-11/h2-8,10,13,17H,9H2,1H3. The van der Waals surface area contributed by atoms with E-state index in [4.69, 9.17) is 11.6 Å². The summed E-state index contributed by atoms with van der Waals surface area (Å²) in [6.45, 7) is 0. The van der Waals surface area contributed by atoms with Gasteiger partial charge < -0.3 is 5.32 Å². The molecule has 3 rings (SSSR count). The first-order chi connectivity index (χ1) is 10.3. The van der Waals surface area contributed by atoms with E-state index in [1.165, 1.54) is 4.88 Å². The molecule has 0 aliphatic carbocycles. The van der Waals surface area contributed by atoms with Crippen molar-refractivity contribution in [2.24, 2.45) is 0 Å². The summed E-state index contributed by atoms with van der Waals surface area (Å²) in [5.74, 6) is 0. The Morgan fingerprint density at radius 1 is 1.24 bits per heavy atom. The minimum Gasteiger partial charge on any atom is -0.311 e. The predicted octanol–water partition coefficient (Wildman–Crippen LogP) is 3.49. The van der Waals surface area contributed by atoms with Gasteiger partial charge in [-0.3, -0.25) is 0 Å². The number of hydrogen-bond acceptors (Lipinski definition) is 4. The molecule has 6 heteroatoms. The number of likely N-dealkylation sites (N-methyl/N-ethyl adjacent to an activating group) is 1. The van der Waals surface area contributed by atoms with Gasteiger partial charge in [-0.25, -0.2) is 0 Å². The number of halogens is 1. The van der Waals surface area contributed by atoms with E-state index in [0.29, 0.717) is 0 Å². The average molecular weight is 319 g/mol. The Labute approximate surface area is 132 Å². The molecule has 0 saturated heterocycles. The van der Waals surface area contributed by atoms with Crippen molar-refractivity contribution in [1.82, 2.24) is 20.3 Å². The summed E-state index contributed by atoms with van der Waals surface area (Å²) in [6, 6.07) is 14.0. The highest BCUT2D eigenvalue weighted by molar-refractivity contribution is 7.16. The maximum absolute atomic E-state index is 5.98. The maximum Gasteiger partial charge on any atom is 0.100 e. The SMILES string of the molecule is CNC(Cc1ccc(Cl)s1)c1cnn(-c2ccccc2)n1. The van der Waals surface area contributed by atoms with Crippen LogP contribution >= 0.6 is 22.9 Å². The minimum absolute atomic E-state index is 0.122. The second kappa shape index (κ2) is 6.39. The number of nitrogens with one attached hydrogen (secondary N) is 1. The third kappa shape index (κ3) is 3.32. The molecule has 4 nitrogen and oxygen atoms in total. The van der Waals surface area contributed by atoms with Gasteiger partial charge in [0, 0.05) is 11.3 Å². The van der Waals surface area contributed by atoms with E-state index in [2.05, 4.69) is 21.6 Å². The molecule has 2 aromatic heterocycles. The summed E-state index contributed by atoms with van der Waals surface area (Å²) in [7, 11) is 1.93. The molecule has 0 amide bonds. The van der Waals surface area contributed by atoms with Crippen molar-refractivity contribution >= 4 is 22.9 Å². The Morgan fingerprint density at radius 3 is 2.71 bits per heavy atom. The van der Waals surface area contributed by atoms with Crippen LogP contribution in [0.2, 0.25) is 4.34 Å². The number of rotatable bonds is 5. The lowest BCUT2D eigenvalue weighted by molar-refractivity contribution is 0.571. The van der Waals surface area contributed by atoms with Gasteiger partial charge in [-0.05, 0) is 31.3 Å². The molecule has 0 bridgehead atoms. The summed E-state index contributed by atoms with van der Waals surface area (Å²) in [4.78, 5) is 2.88. The predicted molar refractivity (Wildman–Crippen MR) is 86.2 cm³/mol. The van der Waals surface area contributed by atoms with E-state index < -0.39 is 0 Å². The molecule has 0 aliphatic heterocycles. The first-order valence-electron chi connectivity index (χ1n) is 6.65. The molecule has 1 unspecified atom stereocenters. The van der Waals surface area contributed by atoms with Gasteiger partial charge in [0.1, 0.15) is 5.69 Å². The van der Waals surface area contributed by atoms with Gasteiger partial charge in [0.25, 0.3) is 0 Å². The van der Waals surface area contributed by atoms with E-state index >= 15 is 0 Å². The van der Waals surface area contributed by atoms with Gasteiger partial charge in [0.15, 0.2) is 0 Å². The molecular weight excluding hydrogens is 304 g/mol. The Bertz CT molecular complexity index is 707. The molecule has 108 valence electrons. The summed E-state index contributed by atoms with van der Waals surface area (Å²) < 4.78 is 0.813. The molecule has 21 heavy (non-hydrogen) atoms. The second-order valence-electron chi connectivity index (χ2n) is 4.65. The normalized spacial score (nSPS) is 12.5. The van der Waals surface area contributed by atoms with Gasteiger partial charge in [0.2, 0.25) is 0 Å². The highest BCUT2D eigenvalue weighted by Gasteiger charge is 2.15. The maximum atomic E-state index is 5.98. The Hall–Kier alpha value is -1.69. The first-order valence-corrected chi connectivity index (χ1v) is 7.85. The summed E-state index contributed by atoms with van der Waals surface area (Å²) >= 11 is 7.58. The van der Waals surface area contributed by atoms with Crippen molar-refractivity contribution in [2.75, 3.05) is 7.05 Å². The van der Waals surface area contributed by atoms with Crippen LogP contribution in [-0.4, -0.2) is 22.0 Å². The molecule has 2 heterocycles. The lowest BCUT2D eigenvalue weighted by Gasteiger charge is -2.11. The van der Waals surface area contributed by atoms with Crippen LogP contribution in [-0.2, 0) is 6.42 Å². The van der Waals surface area contributed by atoms with Crippen LogP contribution in [0.1, 0.15) is 16.6 Å². The van der Waals surface area contributed by atoms with Crippen molar-refractivity contribution in [3.63, 3.8) is 0 Å². The molecule has 0 fully saturated rings. The number of benzene rings is 1. The van der Waals surface area contributed by atoms with Gasteiger partial charge in [-0.15, -0.1) is 11.3 Å². The zero-order chi connectivity index (χ0) is 14.7. The van der Waals surface area contributed by atoms with Crippen molar-refractivity contribution < 1.29 is 0 Å². The van der Waals surface area contributed by atoms with Gasteiger partial charge in [0.05, 0.1) is 22.3 Å². The lowest BCUT2D eigenvalue weighted by Crippen LogP contribution is -2.19. The van der Waals surface area contributed by atoms with E-state index in [0.717, 1.165) is 22.1 Å². The number of hydrogen-bond donors (Lipinski definition) is 1. The monoisotopic (exact) mass is 318 g/mol. The van der Waals surface area contributed by atoms with Crippen molar-refractivity contribution in [3.8, 4) is 5.69 Å². The Kier molecular flexibility index (Phi) is 4.34. The lowest BCUT2D eigenvalue weighted by atomic mass is 10.1. The number of thiophene rings is 1. The van der Waals surface area contributed by atoms with Crippen LogP contribution in [0.3, 0.4) is 0 Å². The zero-order valence-corrected chi connectivity index (χ0v) is 13.1. The average Bonchev–Trinajstić information content (AvgIpc) is 3.15. The molecule has 0 spiro atoms. The quantitative estimate of drug-likeness (QED) is 0.783. The van der Waals surface area contributed by atoms with E-state index in [1.54, 1.807) is 16.1 Å². The number of nitrogens with zero attached hydrogens (tertiary/aromatic N) is 3. The van der Waals surface area contributed by atoms with Gasteiger partial charge in [-0.2, -0.15) is 15.0 Å². The third-order valence-corrected chi connectivity index (χ3v) is 4.49. The van der Waals surface area contributed by atoms with Crippen LogP contribution in [0.15, 0.2) is 48.7 Å². The van der Waals surface area contributed by atoms with Crippen molar-refractivity contribution in [1.29, 1.82) is 0 Å². The third-order valence-electron chi connectivity index (χ3n) is 3.24. The van der Waals surface area contributed by atoms with Crippen LogP contribution in [0.4, 0.5) is 0 Å². The Balaban J connectivity index is 1.80. The summed E-state index contributed by atoms with van der Waals surface area (Å²) in [5, 5.41) is 12.2. The van der Waals surface area contributed by atoms with E-state index in [9.17, 15) is 0 Å². The fourth-order valence-corrected chi connectivity index (χ4v) is 3.27. The molecule has 0 radical (unpaired) electrons. The largest absolute Gasteiger partial charge is 0.311 e. The highest BCUT2D eigenvalue weighted by Crippen LogP contribution is 2.25. The van der Waals surface area contributed by atoms with E-state index in [1.807, 2.05) is 49.6 Å². The zero-order valence-electron chi connectivity index (χ0n) is 11.5. The highest BCUT2D eigenvalue weighted by atomic mass is 35.5. The molecule has 3 aromatic rings. The second-order valence-corrected chi connectivity index (χ2v) is 6.45. The van der Waals surface area contributed by atoms with Crippen LogP contribution in [0, 0.1) is 0 Å². The molecule has 1 aromatic carbocycles. The number of aromatic nitrogens is 3. The fourth-order valence-electron chi connectivity index (χ4n) is 2.14. The van der Waals surface area contributed by atoms with Crippen LogP contribution < -0.4 is 5.32 Å². The number of para-hydroxylation sites is 1. The van der Waals surface area contributed by atoms with Gasteiger partial charge >= 0.3 is 0 Å². The van der Waals surface area contributed by atoms with Crippen LogP contribution in [0.5, 0.6) is 0 Å². The molecule has 1 N–H and O–H groups in total. The smallest absolute Gasteiger partial charge is 0.100 e. The van der Waals surface area contributed by atoms with E-state index in [-0.39, 0.29) is 6.04 Å². The van der Waals surface area contributed by atoms with Crippen molar-refractivity contribution in [3.05, 3.63) is 63.6 Å². The summed E-state index contributed by atoms with van der Waals surface area (Å²) in [5.41, 5.74) is 1.88. The summed E-state index contributed by atoms with van der Waals surface area (Å²) in [6.07, 6.45) is 2.66.